The van der Waals surface area contributed by atoms with Crippen LogP contribution >= 0.6 is 23.2 Å². The molecule has 214 valence electrons. The average Bonchev–Trinajstić information content (AvgIpc) is 2.91. The Morgan fingerprint density at radius 1 is 0.850 bits per heavy atom. The van der Waals surface area contributed by atoms with Crippen molar-refractivity contribution in [2.24, 2.45) is 0 Å². The van der Waals surface area contributed by atoms with E-state index in [-0.39, 0.29) is 24.9 Å². The number of benzene rings is 3. The fourth-order valence-electron chi connectivity index (χ4n) is 4.08. The molecule has 0 aliphatic rings. The predicted octanol–water partition coefficient (Wildman–Crippen LogP) is 4.77. The van der Waals surface area contributed by atoms with Crippen LogP contribution in [0.3, 0.4) is 0 Å². The summed E-state index contributed by atoms with van der Waals surface area (Å²) in [4.78, 5) is 29.1. The van der Waals surface area contributed by atoms with E-state index < -0.39 is 28.7 Å². The second kappa shape index (κ2) is 14.0. The summed E-state index contributed by atoms with van der Waals surface area (Å²) in [6, 6.07) is 21.6. The van der Waals surface area contributed by atoms with Gasteiger partial charge in [0.2, 0.25) is 11.8 Å². The molecule has 0 bridgehead atoms. The smallest absolute Gasteiger partial charge is 0.304 e. The van der Waals surface area contributed by atoms with Gasteiger partial charge in [-0.15, -0.1) is 0 Å². The van der Waals surface area contributed by atoms with Gasteiger partial charge in [-0.3, -0.25) is 9.59 Å². The minimum absolute atomic E-state index is 0.00335. The van der Waals surface area contributed by atoms with Crippen molar-refractivity contribution in [3.05, 3.63) is 100 Å². The van der Waals surface area contributed by atoms with Gasteiger partial charge in [-0.05, 0) is 49.2 Å². The molecule has 3 rings (SSSR count). The first-order valence-electron chi connectivity index (χ1n) is 12.7. The molecule has 0 fully saturated rings. The van der Waals surface area contributed by atoms with Gasteiger partial charge in [0.15, 0.2) is 0 Å². The molecule has 0 saturated heterocycles. The molecule has 0 heterocycles. The van der Waals surface area contributed by atoms with Crippen LogP contribution in [-0.4, -0.2) is 62.2 Å². The highest BCUT2D eigenvalue weighted by molar-refractivity contribution is 7.90. The molecule has 0 saturated carbocycles. The third-order valence-corrected chi connectivity index (χ3v) is 8.66. The van der Waals surface area contributed by atoms with Gasteiger partial charge < -0.3 is 10.2 Å². The lowest BCUT2D eigenvalue weighted by molar-refractivity contribution is -0.140. The number of para-hydroxylation sites is 1. The molecular weight excluding hydrogens is 571 g/mol. The molecule has 3 aromatic rings. The maximum Gasteiger partial charge on any atom is 0.304 e. The molecule has 40 heavy (non-hydrogen) atoms. The Balaban J connectivity index is 2.09. The molecule has 0 radical (unpaired) electrons. The van der Waals surface area contributed by atoms with E-state index in [4.69, 9.17) is 23.2 Å². The zero-order chi connectivity index (χ0) is 29.4. The maximum atomic E-state index is 14.1. The summed E-state index contributed by atoms with van der Waals surface area (Å²) in [5.74, 6) is -0.908. The number of nitrogens with one attached hydrogen (secondary N) is 1. The second-order valence-electron chi connectivity index (χ2n) is 9.77. The fourth-order valence-corrected chi connectivity index (χ4v) is 5.46. The molecule has 11 heteroatoms. The van der Waals surface area contributed by atoms with Gasteiger partial charge in [0, 0.05) is 33.1 Å². The van der Waals surface area contributed by atoms with Crippen LogP contribution in [0.2, 0.25) is 10.0 Å². The monoisotopic (exact) mass is 604 g/mol. The van der Waals surface area contributed by atoms with Crippen molar-refractivity contribution in [3.8, 4) is 0 Å². The Hall–Kier alpha value is -3.11. The summed E-state index contributed by atoms with van der Waals surface area (Å²) in [5.41, 5.74) is 1.81. The van der Waals surface area contributed by atoms with Crippen molar-refractivity contribution in [1.29, 1.82) is 0 Å². The molecule has 0 spiro atoms. The topological polar surface area (TPSA) is 90.0 Å². The van der Waals surface area contributed by atoms with Crippen LogP contribution in [0.1, 0.15) is 25.0 Å². The van der Waals surface area contributed by atoms with Gasteiger partial charge in [-0.25, -0.2) is 4.31 Å². The summed E-state index contributed by atoms with van der Waals surface area (Å²) < 4.78 is 28.8. The molecule has 0 aliphatic heterocycles. The van der Waals surface area contributed by atoms with Crippen molar-refractivity contribution in [3.63, 3.8) is 0 Å². The van der Waals surface area contributed by atoms with Crippen molar-refractivity contribution in [2.45, 2.75) is 38.9 Å². The standard InChI is InChI=1S/C29H34Cl2N4O4S/c1-21(2)32-29(37)27(18-22-11-7-5-8-12-22)34(19-23-15-16-25(30)26(31)17-23)28(36)20-35(40(38,39)33(3)4)24-13-9-6-10-14-24/h5-17,21,27H,18-20H2,1-4H3,(H,32,37)/t27-/m1/s1. The van der Waals surface area contributed by atoms with E-state index in [1.807, 2.05) is 44.2 Å². The molecule has 0 unspecified atom stereocenters. The Kier molecular flexibility index (Phi) is 11.0. The van der Waals surface area contributed by atoms with Gasteiger partial charge in [-0.1, -0.05) is 77.8 Å². The van der Waals surface area contributed by atoms with Crippen LogP contribution in [0.4, 0.5) is 5.69 Å². The Morgan fingerprint density at radius 3 is 2.00 bits per heavy atom. The summed E-state index contributed by atoms with van der Waals surface area (Å²) >= 11 is 12.4. The van der Waals surface area contributed by atoms with Crippen LogP contribution < -0.4 is 9.62 Å². The van der Waals surface area contributed by atoms with E-state index >= 15 is 0 Å². The number of carbonyl (C=O) groups excluding carboxylic acids is 2. The van der Waals surface area contributed by atoms with Gasteiger partial charge in [-0.2, -0.15) is 12.7 Å². The van der Waals surface area contributed by atoms with Crippen LogP contribution in [0.25, 0.3) is 0 Å². The quantitative estimate of drug-likeness (QED) is 0.322. The Bertz CT molecular complexity index is 1400. The predicted molar refractivity (Wildman–Crippen MR) is 161 cm³/mol. The third-order valence-electron chi connectivity index (χ3n) is 6.10. The molecule has 0 aromatic heterocycles. The summed E-state index contributed by atoms with van der Waals surface area (Å²) in [6.45, 7) is 3.16. The lowest BCUT2D eigenvalue weighted by Crippen LogP contribution is -2.55. The first-order chi connectivity index (χ1) is 18.9. The zero-order valence-electron chi connectivity index (χ0n) is 22.9. The van der Waals surface area contributed by atoms with Crippen LogP contribution in [-0.2, 0) is 32.8 Å². The highest BCUT2D eigenvalue weighted by atomic mass is 35.5. The number of anilines is 1. The zero-order valence-corrected chi connectivity index (χ0v) is 25.2. The molecule has 1 N–H and O–H groups in total. The van der Waals surface area contributed by atoms with Gasteiger partial charge in [0.1, 0.15) is 12.6 Å². The van der Waals surface area contributed by atoms with E-state index in [1.54, 1.807) is 48.5 Å². The van der Waals surface area contributed by atoms with E-state index in [9.17, 15) is 18.0 Å². The lowest BCUT2D eigenvalue weighted by Gasteiger charge is -2.34. The molecule has 3 aromatic carbocycles. The van der Waals surface area contributed by atoms with E-state index in [2.05, 4.69) is 5.32 Å². The molecule has 8 nitrogen and oxygen atoms in total. The number of rotatable bonds is 12. The normalized spacial score (nSPS) is 12.3. The summed E-state index contributed by atoms with van der Waals surface area (Å²) in [7, 11) is -1.25. The van der Waals surface area contributed by atoms with Crippen LogP contribution in [0.5, 0.6) is 0 Å². The SMILES string of the molecule is CC(C)NC(=O)[C@@H](Cc1ccccc1)N(Cc1ccc(Cl)c(Cl)c1)C(=O)CN(c1ccccc1)S(=O)(=O)N(C)C. The first kappa shape index (κ1) is 31.4. The number of halogens is 2. The minimum Gasteiger partial charge on any atom is -0.352 e. The number of hydrogen-bond acceptors (Lipinski definition) is 4. The van der Waals surface area contributed by atoms with Crippen molar-refractivity contribution in [2.75, 3.05) is 24.9 Å². The summed E-state index contributed by atoms with van der Waals surface area (Å²) in [5, 5.41) is 3.58. The largest absolute Gasteiger partial charge is 0.352 e. The van der Waals surface area contributed by atoms with Gasteiger partial charge in [0.05, 0.1) is 15.7 Å². The van der Waals surface area contributed by atoms with E-state index in [0.29, 0.717) is 21.3 Å². The first-order valence-corrected chi connectivity index (χ1v) is 14.9. The fraction of sp³-hybridized carbons (Fsp3) is 0.310. The number of amides is 2. The lowest BCUT2D eigenvalue weighted by atomic mass is 10.0. The van der Waals surface area contributed by atoms with Crippen molar-refractivity contribution in [1.82, 2.24) is 14.5 Å². The average molecular weight is 606 g/mol. The van der Waals surface area contributed by atoms with Crippen LogP contribution in [0.15, 0.2) is 78.9 Å². The van der Waals surface area contributed by atoms with Gasteiger partial charge >= 0.3 is 10.2 Å². The third kappa shape index (κ3) is 8.20. The highest BCUT2D eigenvalue weighted by Gasteiger charge is 2.34. The Morgan fingerprint density at radius 2 is 1.45 bits per heavy atom. The van der Waals surface area contributed by atoms with E-state index in [0.717, 1.165) is 14.2 Å². The number of nitrogens with zero attached hydrogens (tertiary/aromatic N) is 3. The number of carbonyl (C=O) groups is 2. The highest BCUT2D eigenvalue weighted by Crippen LogP contribution is 2.25. The molecule has 0 aliphatic carbocycles. The molecule has 1 atom stereocenters. The minimum atomic E-state index is -4.05. The van der Waals surface area contributed by atoms with Crippen LogP contribution in [0, 0.1) is 0 Å². The van der Waals surface area contributed by atoms with E-state index in [1.165, 1.54) is 19.0 Å². The maximum absolute atomic E-state index is 14.1. The van der Waals surface area contributed by atoms with Crippen molar-refractivity contribution >= 4 is 50.9 Å². The Labute approximate surface area is 246 Å². The molecule has 2 amide bonds. The number of hydrogen-bond donors (Lipinski definition) is 1. The van der Waals surface area contributed by atoms with Crippen molar-refractivity contribution < 1.29 is 18.0 Å². The molecular formula is C29H34Cl2N4O4S. The summed E-state index contributed by atoms with van der Waals surface area (Å²) in [6.07, 6.45) is 0.220. The second-order valence-corrected chi connectivity index (χ2v) is 12.7. The van der Waals surface area contributed by atoms with Gasteiger partial charge in [0.25, 0.3) is 0 Å².